The van der Waals surface area contributed by atoms with Gasteiger partial charge in [-0.2, -0.15) is 0 Å². The Morgan fingerprint density at radius 3 is 2.23 bits per heavy atom. The smallest absolute Gasteiger partial charge is 0.262 e. The van der Waals surface area contributed by atoms with Crippen LogP contribution in [0.3, 0.4) is 0 Å². The van der Waals surface area contributed by atoms with Crippen molar-refractivity contribution in [2.45, 2.75) is 4.90 Å². The van der Waals surface area contributed by atoms with Crippen LogP contribution in [-0.4, -0.2) is 22.6 Å². The molecular weight excluding hydrogens is 438 g/mol. The van der Waals surface area contributed by atoms with Crippen LogP contribution in [0.2, 0.25) is 0 Å². The van der Waals surface area contributed by atoms with E-state index in [2.05, 4.69) is 36.6 Å². The Hall–Kier alpha value is -1.25. The van der Waals surface area contributed by atoms with Crippen molar-refractivity contribution in [1.29, 1.82) is 0 Å². The number of methoxy groups -OCH3 is 2. The van der Waals surface area contributed by atoms with Gasteiger partial charge in [0.25, 0.3) is 10.0 Å². The van der Waals surface area contributed by atoms with Gasteiger partial charge in [-0.25, -0.2) is 8.42 Å². The number of anilines is 1. The lowest BCUT2D eigenvalue weighted by atomic mass is 10.3. The van der Waals surface area contributed by atoms with Crippen molar-refractivity contribution in [3.05, 3.63) is 45.3 Å². The highest BCUT2D eigenvalue weighted by molar-refractivity contribution is 9.11. The number of sulfonamides is 1. The molecular formula is C14H13Br2NO4S. The van der Waals surface area contributed by atoms with Crippen molar-refractivity contribution >= 4 is 47.6 Å². The van der Waals surface area contributed by atoms with E-state index in [0.717, 1.165) is 4.47 Å². The molecule has 0 radical (unpaired) electrons. The fraction of sp³-hybridized carbons (Fsp3) is 0.143. The SMILES string of the molecule is COc1ccc(S(=O)(=O)Nc2ccc(Br)cc2Br)cc1OC. The van der Waals surface area contributed by atoms with E-state index in [9.17, 15) is 8.42 Å². The van der Waals surface area contributed by atoms with Gasteiger partial charge in [-0.3, -0.25) is 4.72 Å². The van der Waals surface area contributed by atoms with Crippen LogP contribution < -0.4 is 14.2 Å². The first-order valence-corrected chi connectivity index (χ1v) is 9.14. The molecule has 0 spiro atoms. The van der Waals surface area contributed by atoms with Gasteiger partial charge >= 0.3 is 0 Å². The number of halogens is 2. The summed E-state index contributed by atoms with van der Waals surface area (Å²) in [6.45, 7) is 0. The quantitative estimate of drug-likeness (QED) is 0.746. The normalized spacial score (nSPS) is 11.1. The maximum absolute atomic E-state index is 12.5. The Balaban J connectivity index is 2.38. The molecule has 0 bridgehead atoms. The first-order chi connectivity index (χ1) is 10.4. The van der Waals surface area contributed by atoms with E-state index >= 15 is 0 Å². The second kappa shape index (κ2) is 6.89. The van der Waals surface area contributed by atoms with Gasteiger partial charge in [0.15, 0.2) is 11.5 Å². The highest BCUT2D eigenvalue weighted by Crippen LogP contribution is 2.32. The summed E-state index contributed by atoms with van der Waals surface area (Å²) in [4.78, 5) is 0.0833. The van der Waals surface area contributed by atoms with E-state index in [4.69, 9.17) is 9.47 Å². The van der Waals surface area contributed by atoms with Crippen LogP contribution in [0.25, 0.3) is 0 Å². The maximum Gasteiger partial charge on any atom is 0.262 e. The predicted molar refractivity (Wildman–Crippen MR) is 92.2 cm³/mol. The third kappa shape index (κ3) is 3.74. The van der Waals surface area contributed by atoms with Crippen LogP contribution in [-0.2, 0) is 10.0 Å². The minimum Gasteiger partial charge on any atom is -0.493 e. The number of nitrogens with one attached hydrogen (secondary N) is 1. The minimum absolute atomic E-state index is 0.0833. The van der Waals surface area contributed by atoms with Crippen molar-refractivity contribution in [3.63, 3.8) is 0 Å². The average molecular weight is 451 g/mol. The molecule has 2 rings (SSSR count). The number of benzene rings is 2. The molecule has 2 aromatic rings. The number of ether oxygens (including phenoxy) is 2. The summed E-state index contributed by atoms with van der Waals surface area (Å²) in [5, 5.41) is 0. The van der Waals surface area contributed by atoms with Gasteiger partial charge in [0.2, 0.25) is 0 Å². The Morgan fingerprint density at radius 1 is 0.955 bits per heavy atom. The third-order valence-electron chi connectivity index (χ3n) is 2.84. The molecule has 0 aliphatic heterocycles. The lowest BCUT2D eigenvalue weighted by Crippen LogP contribution is -2.13. The molecule has 0 aliphatic carbocycles. The summed E-state index contributed by atoms with van der Waals surface area (Å²) in [6.07, 6.45) is 0. The van der Waals surface area contributed by atoms with Gasteiger partial charge in [0, 0.05) is 15.0 Å². The van der Waals surface area contributed by atoms with Crippen LogP contribution in [0.1, 0.15) is 0 Å². The predicted octanol–water partition coefficient (Wildman–Crippen LogP) is 4.03. The van der Waals surface area contributed by atoms with Crippen LogP contribution in [0.15, 0.2) is 50.2 Å². The zero-order valence-electron chi connectivity index (χ0n) is 11.8. The fourth-order valence-electron chi connectivity index (χ4n) is 1.76. The zero-order chi connectivity index (χ0) is 16.3. The molecule has 8 heteroatoms. The standard InChI is InChI=1S/C14H13Br2NO4S/c1-20-13-6-4-10(8-14(13)21-2)22(18,19)17-12-5-3-9(15)7-11(12)16/h3-8,17H,1-2H3. The molecule has 118 valence electrons. The Labute approximate surface area is 145 Å². The van der Waals surface area contributed by atoms with Gasteiger partial charge in [0.05, 0.1) is 24.8 Å². The molecule has 0 heterocycles. The van der Waals surface area contributed by atoms with Crippen molar-refractivity contribution in [1.82, 2.24) is 0 Å². The van der Waals surface area contributed by atoms with Crippen molar-refractivity contribution in [3.8, 4) is 11.5 Å². The van der Waals surface area contributed by atoms with Gasteiger partial charge in [0.1, 0.15) is 0 Å². The largest absolute Gasteiger partial charge is 0.493 e. The van der Waals surface area contributed by atoms with E-state index in [-0.39, 0.29) is 4.90 Å². The lowest BCUT2D eigenvalue weighted by molar-refractivity contribution is 0.354. The summed E-state index contributed by atoms with van der Waals surface area (Å²) in [5.41, 5.74) is 0.443. The van der Waals surface area contributed by atoms with E-state index in [0.29, 0.717) is 21.7 Å². The summed E-state index contributed by atoms with van der Waals surface area (Å²) < 4.78 is 39.2. The van der Waals surface area contributed by atoms with Gasteiger partial charge in [-0.1, -0.05) is 15.9 Å². The average Bonchev–Trinajstić information content (AvgIpc) is 2.49. The molecule has 0 unspecified atom stereocenters. The summed E-state index contributed by atoms with van der Waals surface area (Å²) >= 11 is 6.64. The van der Waals surface area contributed by atoms with Crippen LogP contribution >= 0.6 is 31.9 Å². The number of hydrogen-bond acceptors (Lipinski definition) is 4. The first-order valence-electron chi connectivity index (χ1n) is 6.07. The topological polar surface area (TPSA) is 64.6 Å². The summed E-state index contributed by atoms with van der Waals surface area (Å²) in [7, 11) is -0.796. The Morgan fingerprint density at radius 2 is 1.64 bits per heavy atom. The molecule has 0 aromatic heterocycles. The lowest BCUT2D eigenvalue weighted by Gasteiger charge is -2.12. The second-order valence-corrected chi connectivity index (χ2v) is 7.70. The minimum atomic E-state index is -3.74. The van der Waals surface area contributed by atoms with E-state index in [1.807, 2.05) is 0 Å². The van der Waals surface area contributed by atoms with Gasteiger partial charge in [-0.15, -0.1) is 0 Å². The van der Waals surface area contributed by atoms with Gasteiger partial charge < -0.3 is 9.47 Å². The third-order valence-corrected chi connectivity index (χ3v) is 5.35. The Kier molecular flexibility index (Phi) is 5.36. The van der Waals surface area contributed by atoms with E-state index < -0.39 is 10.0 Å². The summed E-state index contributed by atoms with van der Waals surface area (Å²) in [5.74, 6) is 0.812. The number of hydrogen-bond donors (Lipinski definition) is 1. The molecule has 0 atom stereocenters. The van der Waals surface area contributed by atoms with Gasteiger partial charge in [-0.05, 0) is 46.3 Å². The van der Waals surface area contributed by atoms with Crippen LogP contribution in [0.4, 0.5) is 5.69 Å². The van der Waals surface area contributed by atoms with Crippen molar-refractivity contribution in [2.75, 3.05) is 18.9 Å². The molecule has 5 nitrogen and oxygen atoms in total. The molecule has 0 saturated carbocycles. The van der Waals surface area contributed by atoms with Crippen LogP contribution in [0, 0.1) is 0 Å². The van der Waals surface area contributed by atoms with E-state index in [1.54, 1.807) is 24.3 Å². The first kappa shape index (κ1) is 17.1. The highest BCUT2D eigenvalue weighted by Gasteiger charge is 2.18. The fourth-order valence-corrected chi connectivity index (χ4v) is 4.13. The number of rotatable bonds is 5. The Bertz CT molecular complexity index is 793. The molecule has 0 aliphatic rings. The second-order valence-electron chi connectivity index (χ2n) is 4.25. The molecule has 22 heavy (non-hydrogen) atoms. The van der Waals surface area contributed by atoms with Crippen molar-refractivity contribution in [2.24, 2.45) is 0 Å². The molecule has 2 aromatic carbocycles. The highest BCUT2D eigenvalue weighted by atomic mass is 79.9. The molecule has 0 saturated heterocycles. The molecule has 0 fully saturated rings. The zero-order valence-corrected chi connectivity index (χ0v) is 15.7. The summed E-state index contributed by atoms with van der Waals surface area (Å²) in [6, 6.07) is 9.57. The van der Waals surface area contributed by atoms with Crippen molar-refractivity contribution < 1.29 is 17.9 Å². The van der Waals surface area contributed by atoms with E-state index in [1.165, 1.54) is 26.4 Å². The maximum atomic E-state index is 12.5. The monoisotopic (exact) mass is 449 g/mol. The molecule has 1 N–H and O–H groups in total. The van der Waals surface area contributed by atoms with Crippen LogP contribution in [0.5, 0.6) is 11.5 Å². The molecule has 0 amide bonds.